The summed E-state index contributed by atoms with van der Waals surface area (Å²) in [6.45, 7) is -0.371. The molecule has 32 heavy (non-hydrogen) atoms. The van der Waals surface area contributed by atoms with Crippen LogP contribution in [0.2, 0.25) is 0 Å². The minimum Gasteiger partial charge on any atom is -0.493 e. The Morgan fingerprint density at radius 1 is 1.03 bits per heavy atom. The molecular formula is C20H17F2N5O5. The monoisotopic (exact) mass is 445 g/mol. The van der Waals surface area contributed by atoms with Gasteiger partial charge in [-0.1, -0.05) is 5.22 Å². The molecule has 2 atom stereocenters. The van der Waals surface area contributed by atoms with Gasteiger partial charge in [0.2, 0.25) is 5.91 Å². The Kier molecular flexibility index (Phi) is 5.43. The molecule has 3 amide bonds. The molecule has 4 rings (SSSR count). The quantitative estimate of drug-likeness (QED) is 0.680. The highest BCUT2D eigenvalue weighted by Gasteiger charge is 2.55. The molecule has 166 valence electrons. The van der Waals surface area contributed by atoms with E-state index in [1.807, 2.05) is 0 Å². The van der Waals surface area contributed by atoms with E-state index in [1.54, 1.807) is 18.2 Å². The van der Waals surface area contributed by atoms with Crippen LogP contribution in [0.1, 0.15) is 0 Å². The van der Waals surface area contributed by atoms with Crippen LogP contribution >= 0.6 is 0 Å². The van der Waals surface area contributed by atoms with Gasteiger partial charge in [0.05, 0.1) is 19.9 Å². The van der Waals surface area contributed by atoms with Crippen LogP contribution in [0.25, 0.3) is 0 Å². The van der Waals surface area contributed by atoms with Gasteiger partial charge in [0.15, 0.2) is 35.2 Å². The molecule has 1 fully saturated rings. The van der Waals surface area contributed by atoms with E-state index in [0.29, 0.717) is 17.2 Å². The molecule has 0 saturated carbocycles. The van der Waals surface area contributed by atoms with Crippen molar-refractivity contribution in [3.63, 3.8) is 0 Å². The molecule has 0 spiro atoms. The fourth-order valence-electron chi connectivity index (χ4n) is 3.49. The number of nitrogens with one attached hydrogen (secondary N) is 1. The Morgan fingerprint density at radius 2 is 1.78 bits per heavy atom. The van der Waals surface area contributed by atoms with Crippen LogP contribution in [0.4, 0.5) is 20.2 Å². The first kappa shape index (κ1) is 21.2. The van der Waals surface area contributed by atoms with Crippen molar-refractivity contribution >= 4 is 29.1 Å². The SMILES string of the molecule is COc1ccc(NC(=O)CN2N=NC3C(=O)N(c4ccc(F)c(F)c4)C(=O)C32)cc1OC. The highest BCUT2D eigenvalue weighted by molar-refractivity contribution is 6.25. The largest absolute Gasteiger partial charge is 0.493 e. The minimum absolute atomic E-state index is 0.127. The second kappa shape index (κ2) is 8.21. The third-order valence-corrected chi connectivity index (χ3v) is 4.99. The summed E-state index contributed by atoms with van der Waals surface area (Å²) < 4.78 is 37.1. The number of imide groups is 1. The summed E-state index contributed by atoms with van der Waals surface area (Å²) in [5.41, 5.74) is 0.288. The third kappa shape index (κ3) is 3.59. The Bertz CT molecular complexity index is 1140. The molecule has 2 heterocycles. The summed E-state index contributed by atoms with van der Waals surface area (Å²) in [4.78, 5) is 38.7. The van der Waals surface area contributed by atoms with E-state index in [-0.39, 0.29) is 12.2 Å². The summed E-state index contributed by atoms with van der Waals surface area (Å²) >= 11 is 0. The Balaban J connectivity index is 1.48. The number of hydrogen-bond donors (Lipinski definition) is 1. The lowest BCUT2D eigenvalue weighted by Crippen LogP contribution is -2.43. The zero-order chi connectivity index (χ0) is 23.0. The maximum atomic E-state index is 13.6. The second-order valence-electron chi connectivity index (χ2n) is 6.92. The van der Waals surface area contributed by atoms with Crippen LogP contribution in [0.5, 0.6) is 11.5 Å². The lowest BCUT2D eigenvalue weighted by molar-refractivity contribution is -0.123. The third-order valence-electron chi connectivity index (χ3n) is 4.99. The van der Waals surface area contributed by atoms with Crippen molar-refractivity contribution in [2.75, 3.05) is 31.0 Å². The number of carbonyl (C=O) groups excluding carboxylic acids is 3. The Labute approximate surface area is 180 Å². The van der Waals surface area contributed by atoms with Crippen LogP contribution in [-0.2, 0) is 14.4 Å². The van der Waals surface area contributed by atoms with Gasteiger partial charge < -0.3 is 14.8 Å². The molecule has 2 aliphatic rings. The van der Waals surface area contributed by atoms with E-state index in [9.17, 15) is 23.2 Å². The first-order valence-electron chi connectivity index (χ1n) is 9.36. The average Bonchev–Trinajstić information content (AvgIpc) is 3.29. The van der Waals surface area contributed by atoms with E-state index in [4.69, 9.17) is 9.47 Å². The molecule has 2 aromatic carbocycles. The molecule has 0 aromatic heterocycles. The van der Waals surface area contributed by atoms with Gasteiger partial charge in [-0.05, 0) is 24.3 Å². The van der Waals surface area contributed by atoms with Crippen molar-refractivity contribution in [1.82, 2.24) is 5.01 Å². The lowest BCUT2D eigenvalue weighted by atomic mass is 10.1. The van der Waals surface area contributed by atoms with Gasteiger partial charge >= 0.3 is 0 Å². The molecular weight excluding hydrogens is 428 g/mol. The molecule has 1 saturated heterocycles. The van der Waals surface area contributed by atoms with Crippen LogP contribution in [0.3, 0.4) is 0 Å². The summed E-state index contributed by atoms with van der Waals surface area (Å²) in [7, 11) is 2.93. The number of ether oxygens (including phenoxy) is 2. The molecule has 2 aromatic rings. The highest BCUT2D eigenvalue weighted by atomic mass is 19.2. The van der Waals surface area contributed by atoms with Gasteiger partial charge in [0.1, 0.15) is 6.54 Å². The number of halogens is 2. The van der Waals surface area contributed by atoms with E-state index in [1.165, 1.54) is 14.2 Å². The van der Waals surface area contributed by atoms with E-state index in [2.05, 4.69) is 15.7 Å². The maximum Gasteiger partial charge on any atom is 0.263 e. The number of hydrogen-bond acceptors (Lipinski definition) is 8. The first-order valence-corrected chi connectivity index (χ1v) is 9.36. The zero-order valence-corrected chi connectivity index (χ0v) is 16.9. The summed E-state index contributed by atoms with van der Waals surface area (Å²) in [6.07, 6.45) is 0. The Hall–Kier alpha value is -4.09. The van der Waals surface area contributed by atoms with Crippen molar-refractivity contribution in [1.29, 1.82) is 0 Å². The maximum absolute atomic E-state index is 13.6. The van der Waals surface area contributed by atoms with Crippen molar-refractivity contribution in [2.45, 2.75) is 12.1 Å². The number of fused-ring (bicyclic) bond motifs is 1. The second-order valence-corrected chi connectivity index (χ2v) is 6.92. The highest BCUT2D eigenvalue weighted by Crippen LogP contribution is 2.33. The van der Waals surface area contributed by atoms with Crippen LogP contribution in [0.15, 0.2) is 46.7 Å². The number of carbonyl (C=O) groups is 3. The number of rotatable bonds is 6. The van der Waals surface area contributed by atoms with E-state index < -0.39 is 41.4 Å². The summed E-state index contributed by atoms with van der Waals surface area (Å²) in [5.74, 6) is -3.43. The van der Waals surface area contributed by atoms with Gasteiger partial charge in [0, 0.05) is 17.8 Å². The van der Waals surface area contributed by atoms with E-state index in [0.717, 1.165) is 28.1 Å². The molecule has 0 radical (unpaired) electrons. The topological polar surface area (TPSA) is 113 Å². The number of nitrogens with zero attached hydrogens (tertiary/aromatic N) is 4. The van der Waals surface area contributed by atoms with E-state index >= 15 is 0 Å². The van der Waals surface area contributed by atoms with Gasteiger partial charge in [-0.25, -0.2) is 13.7 Å². The van der Waals surface area contributed by atoms with Gasteiger partial charge in [-0.3, -0.25) is 19.4 Å². The lowest BCUT2D eigenvalue weighted by Gasteiger charge is -2.20. The summed E-state index contributed by atoms with van der Waals surface area (Å²) in [5, 5.41) is 11.3. The van der Waals surface area contributed by atoms with Crippen molar-refractivity contribution in [2.24, 2.45) is 10.3 Å². The Morgan fingerprint density at radius 3 is 2.47 bits per heavy atom. The fourth-order valence-corrected chi connectivity index (χ4v) is 3.49. The number of anilines is 2. The first-order chi connectivity index (χ1) is 15.3. The van der Waals surface area contributed by atoms with Crippen LogP contribution < -0.4 is 19.7 Å². The van der Waals surface area contributed by atoms with Gasteiger partial charge in [-0.15, -0.1) is 0 Å². The zero-order valence-electron chi connectivity index (χ0n) is 16.9. The number of benzene rings is 2. The number of methoxy groups -OCH3 is 2. The predicted molar refractivity (Wildman–Crippen MR) is 106 cm³/mol. The smallest absolute Gasteiger partial charge is 0.263 e. The molecule has 10 nitrogen and oxygen atoms in total. The predicted octanol–water partition coefficient (Wildman–Crippen LogP) is 1.91. The van der Waals surface area contributed by atoms with Crippen molar-refractivity contribution in [3.8, 4) is 11.5 Å². The molecule has 2 unspecified atom stereocenters. The fraction of sp³-hybridized carbons (Fsp3) is 0.250. The molecule has 2 aliphatic heterocycles. The van der Waals surface area contributed by atoms with Gasteiger partial charge in [0.25, 0.3) is 11.8 Å². The number of amides is 3. The van der Waals surface area contributed by atoms with Gasteiger partial charge in [-0.2, -0.15) is 5.11 Å². The molecule has 1 N–H and O–H groups in total. The summed E-state index contributed by atoms with van der Waals surface area (Å²) in [6, 6.07) is 5.10. The van der Waals surface area contributed by atoms with Crippen LogP contribution in [0, 0.1) is 11.6 Å². The molecule has 12 heteroatoms. The van der Waals surface area contributed by atoms with Crippen molar-refractivity contribution < 1.29 is 32.6 Å². The van der Waals surface area contributed by atoms with Crippen LogP contribution in [-0.4, -0.2) is 55.6 Å². The molecule has 0 aliphatic carbocycles. The minimum atomic E-state index is -1.20. The standard InChI is InChI=1S/C20H17F2N5O5/c1-31-14-6-3-10(7-15(14)32-2)23-16(28)9-26-18-17(24-25-26)19(29)27(20(18)30)11-4-5-12(21)13(22)8-11/h3-8,17-18H,9H2,1-2H3,(H,23,28). The normalized spacial score (nSPS) is 19.4. The molecule has 0 bridgehead atoms. The van der Waals surface area contributed by atoms with Crippen molar-refractivity contribution in [3.05, 3.63) is 48.0 Å². The average molecular weight is 445 g/mol.